The van der Waals surface area contributed by atoms with Crippen molar-refractivity contribution in [3.63, 3.8) is 0 Å². The van der Waals surface area contributed by atoms with Gasteiger partial charge in [-0.25, -0.2) is 9.97 Å². The molecule has 0 spiro atoms. The van der Waals surface area contributed by atoms with Gasteiger partial charge in [0.05, 0.1) is 0 Å². The van der Waals surface area contributed by atoms with Crippen molar-refractivity contribution in [3.05, 3.63) is 52.4 Å². The summed E-state index contributed by atoms with van der Waals surface area (Å²) >= 11 is 5.94. The summed E-state index contributed by atoms with van der Waals surface area (Å²) in [6, 6.07) is 10.0. The van der Waals surface area contributed by atoms with E-state index in [0.717, 1.165) is 0 Å². The van der Waals surface area contributed by atoms with Crippen LogP contribution in [0.25, 0.3) is 0 Å². The van der Waals surface area contributed by atoms with Crippen LogP contribution in [0.3, 0.4) is 0 Å². The highest BCUT2D eigenvalue weighted by atomic mass is 35.5. The second-order valence-corrected chi connectivity index (χ2v) is 4.65. The van der Waals surface area contributed by atoms with Gasteiger partial charge in [0.1, 0.15) is 17.6 Å². The fraction of sp³-hybridized carbons (Fsp3) is 0.286. The van der Waals surface area contributed by atoms with E-state index in [9.17, 15) is 0 Å². The van der Waals surface area contributed by atoms with Gasteiger partial charge in [0.25, 0.3) is 0 Å². The topological polar surface area (TPSA) is 47.0 Å². The molecule has 1 heterocycles. The normalized spacial score (nSPS) is 10.5. The van der Waals surface area contributed by atoms with Gasteiger partial charge in [-0.1, -0.05) is 41.4 Å². The Kier molecular flexibility index (Phi) is 4.71. The van der Waals surface area contributed by atoms with E-state index in [-0.39, 0.29) is 0 Å². The Balaban J connectivity index is 2.04. The van der Waals surface area contributed by atoms with Crippen LogP contribution in [0.2, 0.25) is 5.15 Å². The molecule has 0 atom stereocenters. The number of hydrogen-bond donors (Lipinski definition) is 1. The van der Waals surface area contributed by atoms with E-state index in [1.807, 2.05) is 0 Å². The van der Waals surface area contributed by atoms with Gasteiger partial charge in [-0.2, -0.15) is 0 Å². The van der Waals surface area contributed by atoms with Crippen LogP contribution in [0.15, 0.2) is 30.3 Å². The van der Waals surface area contributed by atoms with E-state index in [0.29, 0.717) is 29.9 Å². The minimum absolute atomic E-state index is 0.347. The summed E-state index contributed by atoms with van der Waals surface area (Å²) in [6.07, 6.45) is 0. The number of methoxy groups -OCH3 is 1. The maximum Gasteiger partial charge on any atom is 0.158 e. The van der Waals surface area contributed by atoms with E-state index in [1.165, 1.54) is 11.1 Å². The van der Waals surface area contributed by atoms with Gasteiger partial charge in [-0.15, -0.1) is 0 Å². The Morgan fingerprint density at radius 3 is 2.63 bits per heavy atom. The zero-order valence-electron chi connectivity index (χ0n) is 11.0. The Hall–Kier alpha value is -1.65. The number of nitrogens with zero attached hydrogens (tertiary/aromatic N) is 2. The average molecular weight is 278 g/mol. The molecular weight excluding hydrogens is 262 g/mol. The third-order valence-corrected chi connectivity index (χ3v) is 2.80. The largest absolute Gasteiger partial charge is 0.377 e. The molecule has 1 aromatic carbocycles. The molecule has 0 radical (unpaired) electrons. The predicted molar refractivity (Wildman–Crippen MR) is 76.3 cm³/mol. The lowest BCUT2D eigenvalue weighted by molar-refractivity contribution is 0.178. The summed E-state index contributed by atoms with van der Waals surface area (Å²) < 4.78 is 5.00. The first-order valence-electron chi connectivity index (χ1n) is 5.99. The van der Waals surface area contributed by atoms with Gasteiger partial charge in [0, 0.05) is 19.7 Å². The molecule has 1 aromatic heterocycles. The number of halogens is 1. The second-order valence-electron chi connectivity index (χ2n) is 4.26. The molecule has 0 saturated heterocycles. The molecule has 5 heteroatoms. The monoisotopic (exact) mass is 277 g/mol. The number of aromatic nitrogens is 2. The third kappa shape index (κ3) is 4.19. The second kappa shape index (κ2) is 6.50. The van der Waals surface area contributed by atoms with Gasteiger partial charge >= 0.3 is 0 Å². The molecule has 19 heavy (non-hydrogen) atoms. The highest BCUT2D eigenvalue weighted by Crippen LogP contribution is 2.13. The van der Waals surface area contributed by atoms with Crippen molar-refractivity contribution in [1.82, 2.24) is 9.97 Å². The fourth-order valence-corrected chi connectivity index (χ4v) is 1.85. The zero-order valence-corrected chi connectivity index (χ0v) is 11.7. The lowest BCUT2D eigenvalue weighted by atomic mass is 10.1. The van der Waals surface area contributed by atoms with Gasteiger partial charge in [-0.3, -0.25) is 0 Å². The van der Waals surface area contributed by atoms with Crippen molar-refractivity contribution >= 4 is 17.4 Å². The first-order valence-corrected chi connectivity index (χ1v) is 6.37. The number of aryl methyl sites for hydroxylation is 1. The smallest absolute Gasteiger partial charge is 0.158 e. The van der Waals surface area contributed by atoms with Gasteiger partial charge in [0.15, 0.2) is 5.82 Å². The van der Waals surface area contributed by atoms with Gasteiger partial charge < -0.3 is 10.1 Å². The summed E-state index contributed by atoms with van der Waals surface area (Å²) in [7, 11) is 1.60. The number of nitrogens with one attached hydrogen (secondary N) is 1. The molecule has 4 nitrogen and oxygen atoms in total. The number of rotatable bonds is 5. The summed E-state index contributed by atoms with van der Waals surface area (Å²) in [6.45, 7) is 3.11. The molecule has 2 aromatic rings. The maximum absolute atomic E-state index is 5.94. The molecule has 2 rings (SSSR count). The molecule has 100 valence electrons. The summed E-state index contributed by atoms with van der Waals surface area (Å²) in [5, 5.41) is 3.64. The molecule has 0 fully saturated rings. The molecule has 0 saturated carbocycles. The summed E-state index contributed by atoms with van der Waals surface area (Å²) in [5.74, 6) is 1.27. The van der Waals surface area contributed by atoms with Crippen molar-refractivity contribution in [2.45, 2.75) is 20.1 Å². The molecule has 0 aliphatic heterocycles. The van der Waals surface area contributed by atoms with Crippen molar-refractivity contribution in [2.75, 3.05) is 12.4 Å². The average Bonchev–Trinajstić information content (AvgIpc) is 2.38. The molecule has 0 aliphatic carbocycles. The minimum atomic E-state index is 0.347. The van der Waals surface area contributed by atoms with Crippen molar-refractivity contribution in [2.24, 2.45) is 0 Å². The summed E-state index contributed by atoms with van der Waals surface area (Å²) in [5.41, 5.74) is 2.44. The Morgan fingerprint density at radius 2 is 1.95 bits per heavy atom. The third-order valence-electron chi connectivity index (χ3n) is 2.61. The van der Waals surface area contributed by atoms with Crippen LogP contribution in [0.5, 0.6) is 0 Å². The highest BCUT2D eigenvalue weighted by molar-refractivity contribution is 6.29. The number of hydrogen-bond acceptors (Lipinski definition) is 4. The van der Waals surface area contributed by atoms with Crippen LogP contribution in [0.1, 0.15) is 17.0 Å². The first kappa shape index (κ1) is 13.8. The SMILES string of the molecule is COCc1nc(Cl)cc(NCc2ccc(C)cc2)n1. The van der Waals surface area contributed by atoms with E-state index < -0.39 is 0 Å². The van der Waals surface area contributed by atoms with Crippen LogP contribution in [0, 0.1) is 6.92 Å². The van der Waals surface area contributed by atoms with Crippen LogP contribution in [-0.2, 0) is 17.9 Å². The molecule has 0 aliphatic rings. The van der Waals surface area contributed by atoms with E-state index in [2.05, 4.69) is 46.5 Å². The fourth-order valence-electron chi connectivity index (χ4n) is 1.65. The lowest BCUT2D eigenvalue weighted by Crippen LogP contribution is -2.05. The van der Waals surface area contributed by atoms with E-state index in [1.54, 1.807) is 13.2 Å². The predicted octanol–water partition coefficient (Wildman–Crippen LogP) is 3.20. The number of ether oxygens (including phenoxy) is 1. The maximum atomic E-state index is 5.94. The Bertz CT molecular complexity index is 543. The van der Waals surface area contributed by atoms with Crippen molar-refractivity contribution in [1.29, 1.82) is 0 Å². The van der Waals surface area contributed by atoms with E-state index >= 15 is 0 Å². The minimum Gasteiger partial charge on any atom is -0.377 e. The Labute approximate surface area is 117 Å². The molecule has 0 unspecified atom stereocenters. The van der Waals surface area contributed by atoms with Crippen LogP contribution in [-0.4, -0.2) is 17.1 Å². The Morgan fingerprint density at radius 1 is 1.21 bits per heavy atom. The quantitative estimate of drug-likeness (QED) is 0.853. The first-order chi connectivity index (χ1) is 9.17. The van der Waals surface area contributed by atoms with E-state index in [4.69, 9.17) is 16.3 Å². The molecular formula is C14H16ClN3O. The van der Waals surface area contributed by atoms with Crippen LogP contribution in [0.4, 0.5) is 5.82 Å². The molecule has 1 N–H and O–H groups in total. The lowest BCUT2D eigenvalue weighted by Gasteiger charge is -2.08. The van der Waals surface area contributed by atoms with Gasteiger partial charge in [0.2, 0.25) is 0 Å². The standard InChI is InChI=1S/C14H16ClN3O/c1-10-3-5-11(6-4-10)8-16-13-7-12(15)17-14(18-13)9-19-2/h3-7H,8-9H2,1-2H3,(H,16,17,18). The van der Waals surface area contributed by atoms with Crippen LogP contribution < -0.4 is 5.32 Å². The molecule has 0 bridgehead atoms. The molecule has 0 amide bonds. The summed E-state index contributed by atoms with van der Waals surface area (Å²) in [4.78, 5) is 8.40. The number of benzene rings is 1. The van der Waals surface area contributed by atoms with Crippen LogP contribution >= 0.6 is 11.6 Å². The zero-order chi connectivity index (χ0) is 13.7. The van der Waals surface area contributed by atoms with Crippen molar-refractivity contribution < 1.29 is 4.74 Å². The number of anilines is 1. The van der Waals surface area contributed by atoms with Gasteiger partial charge in [-0.05, 0) is 12.5 Å². The highest BCUT2D eigenvalue weighted by Gasteiger charge is 2.03. The van der Waals surface area contributed by atoms with Crippen molar-refractivity contribution in [3.8, 4) is 0 Å².